The molecule has 0 aliphatic heterocycles. The van der Waals surface area contributed by atoms with Crippen molar-refractivity contribution in [3.8, 4) is 11.4 Å². The molecule has 3 rings (SSSR count). The number of anilines is 1. The number of nitro benzene ring substituents is 1. The van der Waals surface area contributed by atoms with Gasteiger partial charge in [0, 0.05) is 17.7 Å². The Labute approximate surface area is 122 Å². The van der Waals surface area contributed by atoms with E-state index >= 15 is 0 Å². The Morgan fingerprint density at radius 3 is 2.67 bits per heavy atom. The molecular formula is C11H9N7O2S. The van der Waals surface area contributed by atoms with Crippen LogP contribution in [-0.2, 0) is 6.54 Å². The fourth-order valence-corrected chi connectivity index (χ4v) is 2.31. The summed E-state index contributed by atoms with van der Waals surface area (Å²) in [7, 11) is 0. The van der Waals surface area contributed by atoms with Crippen LogP contribution < -0.4 is 5.73 Å². The molecule has 2 N–H and O–H groups in total. The van der Waals surface area contributed by atoms with Crippen LogP contribution in [0.4, 0.5) is 10.8 Å². The first kappa shape index (κ1) is 13.1. The Kier molecular flexibility index (Phi) is 3.28. The van der Waals surface area contributed by atoms with Crippen LogP contribution in [0.5, 0.6) is 0 Å². The van der Waals surface area contributed by atoms with Gasteiger partial charge in [-0.1, -0.05) is 11.3 Å². The summed E-state index contributed by atoms with van der Waals surface area (Å²) in [5, 5.41) is 23.7. The van der Waals surface area contributed by atoms with Crippen molar-refractivity contribution >= 4 is 22.2 Å². The van der Waals surface area contributed by atoms with Crippen LogP contribution in [-0.4, -0.2) is 29.9 Å². The van der Waals surface area contributed by atoms with Crippen molar-refractivity contribution in [2.24, 2.45) is 0 Å². The Hall–Kier alpha value is -2.88. The summed E-state index contributed by atoms with van der Waals surface area (Å²) in [6.07, 6.45) is 1.56. The first-order valence-corrected chi connectivity index (χ1v) is 6.65. The topological polar surface area (TPSA) is 126 Å². The van der Waals surface area contributed by atoms with Gasteiger partial charge < -0.3 is 5.73 Å². The van der Waals surface area contributed by atoms with Gasteiger partial charge in [0.25, 0.3) is 5.69 Å². The van der Waals surface area contributed by atoms with E-state index < -0.39 is 4.92 Å². The lowest BCUT2D eigenvalue weighted by atomic mass is 10.2. The molecule has 1 aromatic carbocycles. The van der Waals surface area contributed by atoms with E-state index in [9.17, 15) is 10.1 Å². The Morgan fingerprint density at radius 2 is 2.05 bits per heavy atom. The van der Waals surface area contributed by atoms with E-state index in [4.69, 9.17) is 5.73 Å². The second kappa shape index (κ2) is 5.25. The van der Waals surface area contributed by atoms with Gasteiger partial charge in [-0.25, -0.2) is 9.67 Å². The molecule has 0 spiro atoms. The summed E-state index contributed by atoms with van der Waals surface area (Å²) < 4.78 is 1.61. The summed E-state index contributed by atoms with van der Waals surface area (Å²) in [4.78, 5) is 14.3. The summed E-state index contributed by atoms with van der Waals surface area (Å²) >= 11 is 1.28. The molecule has 0 unspecified atom stereocenters. The fraction of sp³-hybridized carbons (Fsp3) is 0.0909. The first-order valence-electron chi connectivity index (χ1n) is 5.84. The number of hydrogen-bond donors (Lipinski definition) is 1. The third-order valence-corrected chi connectivity index (χ3v) is 3.39. The molecule has 0 fully saturated rings. The molecule has 0 aliphatic carbocycles. The van der Waals surface area contributed by atoms with Gasteiger partial charge in [0.15, 0.2) is 5.82 Å². The molecule has 0 radical (unpaired) electrons. The summed E-state index contributed by atoms with van der Waals surface area (Å²) in [5.74, 6) is 0.488. The molecule has 106 valence electrons. The molecule has 10 heteroatoms. The normalized spacial score (nSPS) is 10.7. The standard InChI is InChI=1S/C11H9N7O2S/c12-11-15-14-9(21-11)5-17-6-13-10(16-17)7-1-3-8(4-2-7)18(19)20/h1-4,6H,5H2,(H2,12,15). The molecule has 0 bridgehead atoms. The van der Waals surface area contributed by atoms with Crippen LogP contribution in [0.15, 0.2) is 30.6 Å². The summed E-state index contributed by atoms with van der Waals surface area (Å²) in [6.45, 7) is 0.425. The monoisotopic (exact) mass is 303 g/mol. The van der Waals surface area contributed by atoms with E-state index in [1.165, 1.54) is 23.5 Å². The molecule has 2 aromatic heterocycles. The van der Waals surface area contributed by atoms with E-state index in [1.54, 1.807) is 23.1 Å². The number of aromatic nitrogens is 5. The number of nitro groups is 1. The predicted octanol–water partition coefficient (Wildman–Crippen LogP) is 1.34. The van der Waals surface area contributed by atoms with Crippen molar-refractivity contribution in [1.82, 2.24) is 25.0 Å². The Bertz CT molecular complexity index is 780. The summed E-state index contributed by atoms with van der Waals surface area (Å²) in [6, 6.07) is 6.06. The van der Waals surface area contributed by atoms with Crippen LogP contribution in [0, 0.1) is 10.1 Å². The van der Waals surface area contributed by atoms with E-state index in [0.717, 1.165) is 5.01 Å². The third kappa shape index (κ3) is 2.84. The average Bonchev–Trinajstić information content (AvgIpc) is 3.09. The number of nitrogens with zero attached hydrogens (tertiary/aromatic N) is 6. The van der Waals surface area contributed by atoms with Crippen molar-refractivity contribution in [3.05, 3.63) is 45.7 Å². The lowest BCUT2D eigenvalue weighted by Gasteiger charge is -1.96. The van der Waals surface area contributed by atoms with Gasteiger partial charge in [0.05, 0.1) is 11.5 Å². The minimum absolute atomic E-state index is 0.0301. The zero-order valence-electron chi connectivity index (χ0n) is 10.6. The van der Waals surface area contributed by atoms with Gasteiger partial charge in [-0.3, -0.25) is 10.1 Å². The third-order valence-electron chi connectivity index (χ3n) is 2.65. The number of benzene rings is 1. The average molecular weight is 303 g/mol. The van der Waals surface area contributed by atoms with Crippen molar-refractivity contribution in [3.63, 3.8) is 0 Å². The van der Waals surface area contributed by atoms with Crippen molar-refractivity contribution in [2.45, 2.75) is 6.54 Å². The molecule has 3 aromatic rings. The highest BCUT2D eigenvalue weighted by atomic mass is 32.1. The number of non-ortho nitro benzene ring substituents is 1. The molecule has 0 saturated heterocycles. The Morgan fingerprint density at radius 1 is 1.29 bits per heavy atom. The van der Waals surface area contributed by atoms with Crippen LogP contribution in [0.3, 0.4) is 0 Å². The lowest BCUT2D eigenvalue weighted by molar-refractivity contribution is -0.384. The van der Waals surface area contributed by atoms with Crippen molar-refractivity contribution in [2.75, 3.05) is 5.73 Å². The second-order valence-corrected chi connectivity index (χ2v) is 5.20. The minimum atomic E-state index is -0.449. The van der Waals surface area contributed by atoms with Gasteiger partial charge in [0.1, 0.15) is 11.3 Å². The quantitative estimate of drug-likeness (QED) is 0.569. The SMILES string of the molecule is Nc1nnc(Cn2cnc(-c3ccc([N+](=O)[O-])cc3)n2)s1. The van der Waals surface area contributed by atoms with Crippen LogP contribution in [0.25, 0.3) is 11.4 Å². The molecule has 0 atom stereocenters. The maximum absolute atomic E-state index is 10.6. The van der Waals surface area contributed by atoms with E-state index in [1.807, 2.05) is 0 Å². The van der Waals surface area contributed by atoms with Crippen LogP contribution in [0.2, 0.25) is 0 Å². The highest BCUT2D eigenvalue weighted by Crippen LogP contribution is 2.19. The number of rotatable bonds is 4. The van der Waals surface area contributed by atoms with Gasteiger partial charge in [-0.2, -0.15) is 5.10 Å². The van der Waals surface area contributed by atoms with Crippen LogP contribution >= 0.6 is 11.3 Å². The van der Waals surface area contributed by atoms with Gasteiger partial charge in [-0.05, 0) is 12.1 Å². The highest BCUT2D eigenvalue weighted by molar-refractivity contribution is 7.15. The zero-order chi connectivity index (χ0) is 14.8. The van der Waals surface area contributed by atoms with E-state index in [2.05, 4.69) is 20.3 Å². The van der Waals surface area contributed by atoms with E-state index in [-0.39, 0.29) is 5.69 Å². The van der Waals surface area contributed by atoms with Crippen molar-refractivity contribution < 1.29 is 4.92 Å². The zero-order valence-corrected chi connectivity index (χ0v) is 11.4. The molecule has 0 aliphatic rings. The lowest BCUT2D eigenvalue weighted by Crippen LogP contribution is -2.00. The van der Waals surface area contributed by atoms with Gasteiger partial charge >= 0.3 is 0 Å². The number of nitrogens with two attached hydrogens (primary N) is 1. The highest BCUT2D eigenvalue weighted by Gasteiger charge is 2.09. The maximum atomic E-state index is 10.6. The van der Waals surface area contributed by atoms with Crippen LogP contribution in [0.1, 0.15) is 5.01 Å². The molecule has 9 nitrogen and oxygen atoms in total. The van der Waals surface area contributed by atoms with Crippen molar-refractivity contribution in [1.29, 1.82) is 0 Å². The number of nitrogen functional groups attached to an aromatic ring is 1. The van der Waals surface area contributed by atoms with Gasteiger partial charge in [-0.15, -0.1) is 10.2 Å². The fourth-order valence-electron chi connectivity index (χ4n) is 1.70. The Balaban J connectivity index is 1.79. The molecular weight excluding hydrogens is 294 g/mol. The first-order chi connectivity index (χ1) is 10.1. The molecule has 2 heterocycles. The van der Waals surface area contributed by atoms with E-state index in [0.29, 0.717) is 23.1 Å². The largest absolute Gasteiger partial charge is 0.374 e. The van der Waals surface area contributed by atoms with Gasteiger partial charge in [0.2, 0.25) is 5.13 Å². The molecule has 0 amide bonds. The second-order valence-electron chi connectivity index (χ2n) is 4.10. The minimum Gasteiger partial charge on any atom is -0.374 e. The predicted molar refractivity (Wildman–Crippen MR) is 75.5 cm³/mol. The molecule has 0 saturated carbocycles. The smallest absolute Gasteiger partial charge is 0.269 e. The summed E-state index contributed by atoms with van der Waals surface area (Å²) in [5.41, 5.74) is 6.25. The molecule has 21 heavy (non-hydrogen) atoms. The number of hydrogen-bond acceptors (Lipinski definition) is 8. The maximum Gasteiger partial charge on any atom is 0.269 e.